The van der Waals surface area contributed by atoms with Gasteiger partial charge in [0, 0.05) is 17.0 Å². The zero-order chi connectivity index (χ0) is 21.1. The first kappa shape index (κ1) is 20.6. The van der Waals surface area contributed by atoms with E-state index in [1.54, 1.807) is 6.92 Å². The van der Waals surface area contributed by atoms with Gasteiger partial charge in [0.25, 0.3) is 5.56 Å². The fraction of sp³-hybridized carbons (Fsp3) is 0.333. The molecule has 0 bridgehead atoms. The van der Waals surface area contributed by atoms with E-state index < -0.39 is 0 Å². The number of carbonyl (C=O) groups excluding carboxylic acids is 2. The van der Waals surface area contributed by atoms with Gasteiger partial charge in [0.15, 0.2) is 0 Å². The molecule has 1 aromatic carbocycles. The van der Waals surface area contributed by atoms with Crippen LogP contribution in [0.15, 0.2) is 40.5 Å². The lowest BCUT2D eigenvalue weighted by atomic mass is 10.1. The van der Waals surface area contributed by atoms with Crippen molar-refractivity contribution in [2.75, 3.05) is 6.54 Å². The second-order valence-corrected chi connectivity index (χ2v) is 9.41. The summed E-state index contributed by atoms with van der Waals surface area (Å²) in [7, 11) is 0. The van der Waals surface area contributed by atoms with Crippen LogP contribution < -0.4 is 16.2 Å². The first-order valence-corrected chi connectivity index (χ1v) is 11.7. The van der Waals surface area contributed by atoms with Crippen LogP contribution in [0.2, 0.25) is 0 Å². The molecule has 7 nitrogen and oxygen atoms in total. The SMILES string of the molecule is CC(SCc1nc2scc(-c3ccccc3)c2c(=O)[nH]1)C(=O)NCC(=O)NC1CC1. The quantitative estimate of drug-likeness (QED) is 0.498. The molecule has 4 rings (SSSR count). The van der Waals surface area contributed by atoms with Crippen molar-refractivity contribution < 1.29 is 9.59 Å². The van der Waals surface area contributed by atoms with Gasteiger partial charge in [-0.25, -0.2) is 4.98 Å². The minimum absolute atomic E-state index is 0.0151. The molecule has 9 heteroatoms. The van der Waals surface area contributed by atoms with E-state index >= 15 is 0 Å². The summed E-state index contributed by atoms with van der Waals surface area (Å²) >= 11 is 2.80. The minimum atomic E-state index is -0.372. The molecule has 30 heavy (non-hydrogen) atoms. The van der Waals surface area contributed by atoms with Crippen LogP contribution in [-0.2, 0) is 15.3 Å². The highest BCUT2D eigenvalue weighted by Crippen LogP contribution is 2.30. The lowest BCUT2D eigenvalue weighted by Gasteiger charge is -2.11. The number of benzene rings is 1. The Kier molecular flexibility index (Phi) is 6.19. The highest BCUT2D eigenvalue weighted by molar-refractivity contribution is 7.99. The molecule has 2 heterocycles. The summed E-state index contributed by atoms with van der Waals surface area (Å²) in [4.78, 5) is 44.7. The maximum absolute atomic E-state index is 12.7. The largest absolute Gasteiger partial charge is 0.352 e. The van der Waals surface area contributed by atoms with Gasteiger partial charge in [-0.05, 0) is 25.3 Å². The number of hydrogen-bond donors (Lipinski definition) is 3. The van der Waals surface area contributed by atoms with E-state index in [-0.39, 0.29) is 35.2 Å². The van der Waals surface area contributed by atoms with E-state index in [0.29, 0.717) is 21.8 Å². The molecule has 1 saturated carbocycles. The summed E-state index contributed by atoms with van der Waals surface area (Å²) < 4.78 is 0. The van der Waals surface area contributed by atoms with Gasteiger partial charge >= 0.3 is 0 Å². The Bertz CT molecular complexity index is 1120. The van der Waals surface area contributed by atoms with Crippen LogP contribution in [0.25, 0.3) is 21.3 Å². The monoisotopic (exact) mass is 442 g/mol. The number of nitrogens with zero attached hydrogens (tertiary/aromatic N) is 1. The summed E-state index contributed by atoms with van der Waals surface area (Å²) in [5.41, 5.74) is 1.68. The number of nitrogens with one attached hydrogen (secondary N) is 3. The molecular formula is C21H22N4O3S2. The maximum Gasteiger partial charge on any atom is 0.260 e. The molecule has 3 aromatic rings. The van der Waals surface area contributed by atoms with Gasteiger partial charge in [0.05, 0.1) is 22.9 Å². The lowest BCUT2D eigenvalue weighted by molar-refractivity contribution is -0.125. The molecule has 3 N–H and O–H groups in total. The fourth-order valence-corrected chi connectivity index (χ4v) is 4.74. The third kappa shape index (κ3) is 4.91. The first-order valence-electron chi connectivity index (χ1n) is 9.76. The highest BCUT2D eigenvalue weighted by atomic mass is 32.2. The summed E-state index contributed by atoms with van der Waals surface area (Å²) in [5.74, 6) is 0.556. The molecule has 2 amide bonds. The topological polar surface area (TPSA) is 104 Å². The zero-order valence-corrected chi connectivity index (χ0v) is 18.1. The number of hydrogen-bond acceptors (Lipinski definition) is 6. The van der Waals surface area contributed by atoms with Gasteiger partial charge in [0.1, 0.15) is 10.7 Å². The van der Waals surface area contributed by atoms with Crippen molar-refractivity contribution >= 4 is 45.1 Å². The molecule has 1 aliphatic rings. The van der Waals surface area contributed by atoms with E-state index in [1.807, 2.05) is 35.7 Å². The number of thiophene rings is 1. The van der Waals surface area contributed by atoms with Crippen molar-refractivity contribution in [2.24, 2.45) is 0 Å². The zero-order valence-electron chi connectivity index (χ0n) is 16.4. The van der Waals surface area contributed by atoms with E-state index in [0.717, 1.165) is 24.0 Å². The summed E-state index contributed by atoms with van der Waals surface area (Å²) in [6.07, 6.45) is 2.02. The van der Waals surface area contributed by atoms with Crippen LogP contribution in [0, 0.1) is 0 Å². The van der Waals surface area contributed by atoms with Crippen LogP contribution >= 0.6 is 23.1 Å². The summed E-state index contributed by atoms with van der Waals surface area (Å²) in [6.45, 7) is 1.76. The van der Waals surface area contributed by atoms with E-state index in [9.17, 15) is 14.4 Å². The van der Waals surface area contributed by atoms with Gasteiger partial charge in [-0.3, -0.25) is 14.4 Å². The Balaban J connectivity index is 1.37. The minimum Gasteiger partial charge on any atom is -0.352 e. The molecule has 0 aliphatic heterocycles. The van der Waals surface area contributed by atoms with E-state index in [2.05, 4.69) is 20.6 Å². The van der Waals surface area contributed by atoms with Crippen molar-refractivity contribution in [3.63, 3.8) is 0 Å². The van der Waals surface area contributed by atoms with Crippen molar-refractivity contribution in [1.82, 2.24) is 20.6 Å². The van der Waals surface area contributed by atoms with E-state index in [1.165, 1.54) is 23.1 Å². The van der Waals surface area contributed by atoms with Crippen LogP contribution in [0.1, 0.15) is 25.6 Å². The number of fused-ring (bicyclic) bond motifs is 1. The van der Waals surface area contributed by atoms with Crippen LogP contribution in [0.5, 0.6) is 0 Å². The van der Waals surface area contributed by atoms with Crippen LogP contribution in [0.4, 0.5) is 0 Å². The average molecular weight is 443 g/mol. The van der Waals surface area contributed by atoms with Crippen molar-refractivity contribution in [3.05, 3.63) is 51.9 Å². The molecule has 1 aliphatic carbocycles. The van der Waals surface area contributed by atoms with Gasteiger partial charge in [-0.1, -0.05) is 30.3 Å². The average Bonchev–Trinajstić information content (AvgIpc) is 3.45. The number of H-pyrrole nitrogens is 1. The Morgan fingerprint density at radius 1 is 1.30 bits per heavy atom. The molecule has 0 radical (unpaired) electrons. The lowest BCUT2D eigenvalue weighted by Crippen LogP contribution is -2.40. The van der Waals surface area contributed by atoms with Crippen molar-refractivity contribution in [1.29, 1.82) is 0 Å². The Hall–Kier alpha value is -2.65. The number of aromatic amines is 1. The second kappa shape index (κ2) is 9.01. The molecular weight excluding hydrogens is 420 g/mol. The molecule has 1 unspecified atom stereocenters. The molecule has 0 spiro atoms. The van der Waals surface area contributed by atoms with Gasteiger partial charge in [0.2, 0.25) is 11.8 Å². The van der Waals surface area contributed by atoms with Crippen molar-refractivity contribution in [2.45, 2.75) is 36.8 Å². The number of carbonyl (C=O) groups is 2. The number of thioether (sulfide) groups is 1. The van der Waals surface area contributed by atoms with Crippen LogP contribution in [0.3, 0.4) is 0 Å². The van der Waals surface area contributed by atoms with Gasteiger partial charge in [-0.2, -0.15) is 0 Å². The fourth-order valence-electron chi connectivity index (χ4n) is 2.99. The first-order chi connectivity index (χ1) is 14.5. The molecule has 0 saturated heterocycles. The van der Waals surface area contributed by atoms with Crippen molar-refractivity contribution in [3.8, 4) is 11.1 Å². The molecule has 156 valence electrons. The molecule has 1 fully saturated rings. The number of aromatic nitrogens is 2. The normalized spacial score (nSPS) is 14.4. The Morgan fingerprint density at radius 3 is 2.80 bits per heavy atom. The summed E-state index contributed by atoms with van der Waals surface area (Å²) in [6, 6.07) is 10.0. The third-order valence-corrected chi connectivity index (χ3v) is 6.81. The molecule has 2 aromatic heterocycles. The Labute approximate surface area is 181 Å². The summed E-state index contributed by atoms with van der Waals surface area (Å²) in [5, 5.41) is 7.65. The Morgan fingerprint density at radius 2 is 2.07 bits per heavy atom. The predicted octanol–water partition coefficient (Wildman–Crippen LogP) is 2.67. The maximum atomic E-state index is 12.7. The standard InChI is InChI=1S/C21H22N4O3S2/c1-12(19(27)22-9-17(26)23-14-7-8-14)29-11-16-24-20(28)18-15(10-30-21(18)25-16)13-5-3-2-4-6-13/h2-6,10,12,14H,7-9,11H2,1H3,(H,22,27)(H,23,26)(H,24,25,28). The number of rotatable bonds is 8. The van der Waals surface area contributed by atoms with E-state index in [4.69, 9.17) is 0 Å². The predicted molar refractivity (Wildman–Crippen MR) is 121 cm³/mol. The number of amides is 2. The van der Waals surface area contributed by atoms with Crippen LogP contribution in [-0.4, -0.2) is 39.6 Å². The van der Waals surface area contributed by atoms with Gasteiger partial charge < -0.3 is 15.6 Å². The smallest absolute Gasteiger partial charge is 0.260 e. The third-order valence-electron chi connectivity index (χ3n) is 4.78. The highest BCUT2D eigenvalue weighted by Gasteiger charge is 2.23. The van der Waals surface area contributed by atoms with Gasteiger partial charge in [-0.15, -0.1) is 23.1 Å². The molecule has 1 atom stereocenters. The second-order valence-electron chi connectivity index (χ2n) is 7.22.